The van der Waals surface area contributed by atoms with Gasteiger partial charge in [-0.15, -0.1) is 0 Å². The number of amides is 1. The maximum absolute atomic E-state index is 11.5. The predicted molar refractivity (Wildman–Crippen MR) is 73.1 cm³/mol. The molecular weight excluding hydrogens is 351 g/mol. The first kappa shape index (κ1) is 14.7. The van der Waals surface area contributed by atoms with Crippen molar-refractivity contribution in [2.45, 2.75) is 12.5 Å². The van der Waals surface area contributed by atoms with Crippen molar-refractivity contribution in [2.75, 3.05) is 6.54 Å². The largest absolute Gasteiger partial charge is 0.507 e. The molecule has 0 unspecified atom stereocenters. The van der Waals surface area contributed by atoms with Gasteiger partial charge in [0.1, 0.15) is 12.3 Å². The number of carbonyl (C=O) groups excluding carboxylic acids is 1. The topological polar surface area (TPSA) is 113 Å². The second kappa shape index (κ2) is 6.55. The number of phenolic OH excluding ortho intramolecular Hbond substituents is 1. The maximum Gasteiger partial charge on any atom is 0.322 e. The van der Waals surface area contributed by atoms with E-state index in [-0.39, 0.29) is 12.2 Å². The van der Waals surface area contributed by atoms with Crippen LogP contribution in [0.1, 0.15) is 5.56 Å². The van der Waals surface area contributed by atoms with Crippen molar-refractivity contribution in [1.82, 2.24) is 5.32 Å². The molecule has 0 aliphatic rings. The van der Waals surface area contributed by atoms with Crippen LogP contribution in [-0.2, 0) is 16.0 Å². The van der Waals surface area contributed by atoms with Crippen LogP contribution in [0.15, 0.2) is 18.2 Å². The van der Waals surface area contributed by atoms with E-state index in [9.17, 15) is 14.7 Å². The first-order valence-corrected chi connectivity index (χ1v) is 6.20. The molecule has 0 aromatic heterocycles. The molecule has 98 valence electrons. The molecule has 1 rings (SSSR count). The van der Waals surface area contributed by atoms with E-state index in [2.05, 4.69) is 5.32 Å². The highest BCUT2D eigenvalue weighted by molar-refractivity contribution is 14.1. The SMILES string of the molecule is N[C@@H](Cc1ccc(O)c(I)c1)C(=O)NCC(=O)O. The van der Waals surface area contributed by atoms with E-state index >= 15 is 0 Å². The molecule has 0 bridgehead atoms. The van der Waals surface area contributed by atoms with Gasteiger partial charge in [0.2, 0.25) is 5.91 Å². The first-order chi connectivity index (χ1) is 8.40. The monoisotopic (exact) mass is 364 g/mol. The molecular formula is C11H13IN2O4. The fraction of sp³-hybridized carbons (Fsp3) is 0.273. The van der Waals surface area contributed by atoms with Crippen molar-refractivity contribution in [1.29, 1.82) is 0 Å². The van der Waals surface area contributed by atoms with E-state index in [4.69, 9.17) is 10.8 Å². The number of halogens is 1. The molecule has 0 radical (unpaired) electrons. The average Bonchev–Trinajstić information content (AvgIpc) is 2.30. The third-order valence-electron chi connectivity index (χ3n) is 2.22. The third-order valence-corrected chi connectivity index (χ3v) is 3.08. The van der Waals surface area contributed by atoms with E-state index < -0.39 is 24.5 Å². The predicted octanol–water partition coefficient (Wildman–Crippen LogP) is 0.0674. The van der Waals surface area contributed by atoms with Crippen LogP contribution < -0.4 is 11.1 Å². The normalized spacial score (nSPS) is 11.9. The molecule has 1 atom stereocenters. The molecule has 6 nitrogen and oxygen atoms in total. The Kier molecular flexibility index (Phi) is 5.35. The fourth-order valence-corrected chi connectivity index (χ4v) is 1.90. The lowest BCUT2D eigenvalue weighted by Gasteiger charge is -2.11. The standard InChI is InChI=1S/C11H13IN2O4/c12-7-3-6(1-2-9(7)15)4-8(13)11(18)14-5-10(16)17/h1-3,8,15H,4-5,13H2,(H,14,18)(H,16,17)/t8-/m0/s1. The summed E-state index contributed by atoms with van der Waals surface area (Å²) < 4.78 is 0.670. The second-order valence-electron chi connectivity index (χ2n) is 3.71. The molecule has 18 heavy (non-hydrogen) atoms. The van der Waals surface area contributed by atoms with Crippen LogP contribution in [0, 0.1) is 3.57 Å². The Bertz CT molecular complexity index is 464. The zero-order valence-corrected chi connectivity index (χ0v) is 11.5. The molecule has 1 aromatic rings. The summed E-state index contributed by atoms with van der Waals surface area (Å²) in [5.74, 6) is -1.46. The van der Waals surface area contributed by atoms with Gasteiger partial charge in [0.15, 0.2) is 0 Å². The van der Waals surface area contributed by atoms with Gasteiger partial charge in [-0.05, 0) is 46.7 Å². The summed E-state index contributed by atoms with van der Waals surface area (Å²) in [5, 5.41) is 20.0. The van der Waals surface area contributed by atoms with Crippen LogP contribution in [0.3, 0.4) is 0 Å². The van der Waals surface area contributed by atoms with Crippen molar-refractivity contribution in [3.63, 3.8) is 0 Å². The Morgan fingerprint density at radius 1 is 1.44 bits per heavy atom. The van der Waals surface area contributed by atoms with Crippen molar-refractivity contribution < 1.29 is 19.8 Å². The summed E-state index contributed by atoms with van der Waals surface area (Å²) in [5.41, 5.74) is 6.45. The van der Waals surface area contributed by atoms with Gasteiger partial charge in [0.05, 0.1) is 9.61 Å². The minimum Gasteiger partial charge on any atom is -0.507 e. The van der Waals surface area contributed by atoms with Crippen LogP contribution in [0.5, 0.6) is 5.75 Å². The Labute approximate surface area is 117 Å². The zero-order valence-electron chi connectivity index (χ0n) is 9.39. The number of carboxylic acids is 1. The summed E-state index contributed by atoms with van der Waals surface area (Å²) in [6.07, 6.45) is 0.279. The van der Waals surface area contributed by atoms with Gasteiger partial charge in [0, 0.05) is 0 Å². The van der Waals surface area contributed by atoms with Crippen LogP contribution in [0.2, 0.25) is 0 Å². The molecule has 7 heteroatoms. The number of hydrogen-bond donors (Lipinski definition) is 4. The van der Waals surface area contributed by atoms with E-state index in [1.165, 1.54) is 6.07 Å². The summed E-state index contributed by atoms with van der Waals surface area (Å²) in [6, 6.07) is 4.10. The van der Waals surface area contributed by atoms with Gasteiger partial charge >= 0.3 is 5.97 Å². The molecule has 0 aliphatic heterocycles. The van der Waals surface area contributed by atoms with Gasteiger partial charge in [0.25, 0.3) is 0 Å². The molecule has 0 fully saturated rings. The lowest BCUT2D eigenvalue weighted by molar-refractivity contribution is -0.138. The number of benzene rings is 1. The molecule has 5 N–H and O–H groups in total. The minimum absolute atomic E-state index is 0.170. The van der Waals surface area contributed by atoms with Gasteiger partial charge < -0.3 is 21.3 Å². The molecule has 1 amide bonds. The minimum atomic E-state index is -1.12. The summed E-state index contributed by atoms with van der Waals surface area (Å²) >= 11 is 1.97. The lowest BCUT2D eigenvalue weighted by atomic mass is 10.1. The van der Waals surface area contributed by atoms with Gasteiger partial charge in [-0.25, -0.2) is 0 Å². The number of nitrogens with one attached hydrogen (secondary N) is 1. The van der Waals surface area contributed by atoms with Crippen LogP contribution in [-0.4, -0.2) is 34.7 Å². The van der Waals surface area contributed by atoms with E-state index in [0.29, 0.717) is 3.57 Å². The van der Waals surface area contributed by atoms with Crippen molar-refractivity contribution in [3.8, 4) is 5.75 Å². The summed E-state index contributed by atoms with van der Waals surface area (Å²) in [7, 11) is 0. The van der Waals surface area contributed by atoms with Gasteiger partial charge in [-0.1, -0.05) is 6.07 Å². The Morgan fingerprint density at radius 2 is 2.11 bits per heavy atom. The van der Waals surface area contributed by atoms with E-state index in [1.807, 2.05) is 22.6 Å². The number of aliphatic carboxylic acids is 1. The fourth-order valence-electron chi connectivity index (χ4n) is 1.32. The number of carbonyl (C=O) groups is 2. The van der Waals surface area contributed by atoms with E-state index in [0.717, 1.165) is 5.56 Å². The number of nitrogens with two attached hydrogens (primary N) is 1. The van der Waals surface area contributed by atoms with Gasteiger partial charge in [-0.3, -0.25) is 9.59 Å². The number of hydrogen-bond acceptors (Lipinski definition) is 4. The summed E-state index contributed by atoms with van der Waals surface area (Å²) in [4.78, 5) is 21.7. The number of carboxylic acid groups (broad SMARTS) is 1. The highest BCUT2D eigenvalue weighted by Crippen LogP contribution is 2.20. The van der Waals surface area contributed by atoms with Gasteiger partial charge in [-0.2, -0.15) is 0 Å². The number of aromatic hydroxyl groups is 1. The van der Waals surface area contributed by atoms with Crippen molar-refractivity contribution in [2.24, 2.45) is 5.73 Å². The highest BCUT2D eigenvalue weighted by atomic mass is 127. The zero-order chi connectivity index (χ0) is 13.7. The maximum atomic E-state index is 11.5. The number of phenols is 1. The third kappa shape index (κ3) is 4.49. The Morgan fingerprint density at radius 3 is 2.67 bits per heavy atom. The first-order valence-electron chi connectivity index (χ1n) is 5.12. The average molecular weight is 364 g/mol. The molecule has 0 saturated carbocycles. The molecule has 0 spiro atoms. The molecule has 1 aromatic carbocycles. The summed E-state index contributed by atoms with van der Waals surface area (Å²) in [6.45, 7) is -0.445. The quantitative estimate of drug-likeness (QED) is 0.553. The van der Waals surface area contributed by atoms with Crippen molar-refractivity contribution in [3.05, 3.63) is 27.3 Å². The highest BCUT2D eigenvalue weighted by Gasteiger charge is 2.15. The van der Waals surface area contributed by atoms with E-state index in [1.54, 1.807) is 12.1 Å². The second-order valence-corrected chi connectivity index (χ2v) is 4.87. The smallest absolute Gasteiger partial charge is 0.322 e. The van der Waals surface area contributed by atoms with Crippen LogP contribution >= 0.6 is 22.6 Å². The molecule has 0 saturated heterocycles. The Balaban J connectivity index is 2.58. The Hall–Kier alpha value is -1.35. The van der Waals surface area contributed by atoms with Crippen LogP contribution in [0.4, 0.5) is 0 Å². The lowest BCUT2D eigenvalue weighted by Crippen LogP contribution is -2.43. The van der Waals surface area contributed by atoms with Crippen molar-refractivity contribution >= 4 is 34.5 Å². The number of rotatable bonds is 5. The van der Waals surface area contributed by atoms with Crippen LogP contribution in [0.25, 0.3) is 0 Å². The molecule has 0 aliphatic carbocycles. The molecule has 0 heterocycles.